The topological polar surface area (TPSA) is 70.6 Å². The van der Waals surface area contributed by atoms with Crippen LogP contribution < -0.4 is 4.90 Å². The molecule has 1 aromatic heterocycles. The summed E-state index contributed by atoms with van der Waals surface area (Å²) in [6.45, 7) is 4.69. The van der Waals surface area contributed by atoms with Crippen molar-refractivity contribution in [3.05, 3.63) is 53.6 Å². The van der Waals surface area contributed by atoms with Gasteiger partial charge in [-0.1, -0.05) is 29.0 Å². The maximum absolute atomic E-state index is 12.7. The molecule has 0 aliphatic carbocycles. The maximum Gasteiger partial charge on any atom is 0.253 e. The molecule has 2 aromatic carbocycles. The highest BCUT2D eigenvalue weighted by Gasteiger charge is 2.24. The Morgan fingerprint density at radius 1 is 1.04 bits per heavy atom. The molecule has 1 fully saturated rings. The Labute approximate surface area is 168 Å². The van der Waals surface area contributed by atoms with E-state index in [1.54, 1.807) is 18.2 Å². The number of fused-ring (bicyclic) bond motifs is 1. The van der Waals surface area contributed by atoms with E-state index in [-0.39, 0.29) is 5.91 Å². The molecule has 0 spiro atoms. The molecule has 2 heterocycles. The number of anilines is 1. The number of nitrogens with zero attached hydrogens (tertiary/aromatic N) is 3. The van der Waals surface area contributed by atoms with Crippen molar-refractivity contribution in [3.8, 4) is 0 Å². The molecule has 1 aliphatic heterocycles. The monoisotopic (exact) mass is 415 g/mol. The van der Waals surface area contributed by atoms with Crippen LogP contribution in [-0.2, 0) is 9.84 Å². The van der Waals surface area contributed by atoms with E-state index in [4.69, 9.17) is 0 Å². The molecule has 0 bridgehead atoms. The second-order valence-corrected chi connectivity index (χ2v) is 10.1. The predicted molar refractivity (Wildman–Crippen MR) is 112 cm³/mol. The van der Waals surface area contributed by atoms with Gasteiger partial charge in [0.2, 0.25) is 0 Å². The van der Waals surface area contributed by atoms with Crippen LogP contribution in [0.2, 0.25) is 0 Å². The summed E-state index contributed by atoms with van der Waals surface area (Å²) in [4.78, 5) is 21.6. The van der Waals surface area contributed by atoms with Gasteiger partial charge in [0.1, 0.15) is 0 Å². The third-order valence-corrected chi connectivity index (χ3v) is 7.10. The van der Waals surface area contributed by atoms with E-state index < -0.39 is 9.84 Å². The first-order valence-electron chi connectivity index (χ1n) is 9.03. The van der Waals surface area contributed by atoms with E-state index >= 15 is 0 Å². The second kappa shape index (κ2) is 7.18. The first-order chi connectivity index (χ1) is 13.3. The Balaban J connectivity index is 1.47. The molecule has 0 N–H and O–H groups in total. The van der Waals surface area contributed by atoms with Gasteiger partial charge in [0.05, 0.1) is 15.1 Å². The van der Waals surface area contributed by atoms with Crippen LogP contribution in [0.4, 0.5) is 5.13 Å². The summed E-state index contributed by atoms with van der Waals surface area (Å²) >= 11 is 1.49. The fourth-order valence-corrected chi connectivity index (χ4v) is 5.02. The van der Waals surface area contributed by atoms with Gasteiger partial charge >= 0.3 is 0 Å². The smallest absolute Gasteiger partial charge is 0.253 e. The molecule has 28 heavy (non-hydrogen) atoms. The third kappa shape index (κ3) is 3.74. The highest BCUT2D eigenvalue weighted by atomic mass is 32.2. The summed E-state index contributed by atoms with van der Waals surface area (Å²) in [5.41, 5.74) is 2.65. The molecule has 0 unspecified atom stereocenters. The van der Waals surface area contributed by atoms with Gasteiger partial charge < -0.3 is 9.80 Å². The lowest BCUT2D eigenvalue weighted by Crippen LogP contribution is -2.48. The first kappa shape index (κ1) is 18.9. The van der Waals surface area contributed by atoms with E-state index in [2.05, 4.69) is 9.88 Å². The number of piperazine rings is 1. The number of carbonyl (C=O) groups is 1. The van der Waals surface area contributed by atoms with E-state index in [9.17, 15) is 13.2 Å². The molecule has 8 heteroatoms. The van der Waals surface area contributed by atoms with Crippen molar-refractivity contribution in [2.45, 2.75) is 11.8 Å². The average Bonchev–Trinajstić information content (AvgIpc) is 3.11. The van der Waals surface area contributed by atoms with Crippen LogP contribution in [0.5, 0.6) is 0 Å². The summed E-state index contributed by atoms with van der Waals surface area (Å²) in [6, 6.07) is 12.7. The lowest BCUT2D eigenvalue weighted by molar-refractivity contribution is 0.0747. The van der Waals surface area contributed by atoms with Crippen molar-refractivity contribution in [3.63, 3.8) is 0 Å². The Hall–Kier alpha value is -2.45. The number of hydrogen-bond acceptors (Lipinski definition) is 6. The van der Waals surface area contributed by atoms with E-state index in [0.29, 0.717) is 36.6 Å². The van der Waals surface area contributed by atoms with Gasteiger partial charge in [0.15, 0.2) is 15.0 Å². The molecule has 1 saturated heterocycles. The molecular formula is C20H21N3O3S2. The fourth-order valence-electron chi connectivity index (χ4n) is 3.24. The van der Waals surface area contributed by atoms with E-state index in [1.165, 1.54) is 17.6 Å². The van der Waals surface area contributed by atoms with Gasteiger partial charge in [-0.15, -0.1) is 0 Å². The fraction of sp³-hybridized carbons (Fsp3) is 0.300. The van der Waals surface area contributed by atoms with Crippen molar-refractivity contribution >= 4 is 42.4 Å². The second-order valence-electron chi connectivity index (χ2n) is 7.04. The minimum absolute atomic E-state index is 0.0572. The molecule has 1 amide bonds. The normalized spacial score (nSPS) is 15.2. The minimum Gasteiger partial charge on any atom is -0.345 e. The first-order valence-corrected chi connectivity index (χ1v) is 11.7. The van der Waals surface area contributed by atoms with Gasteiger partial charge in [-0.05, 0) is 37.3 Å². The van der Waals surface area contributed by atoms with E-state index in [0.717, 1.165) is 20.9 Å². The lowest BCUT2D eigenvalue weighted by Gasteiger charge is -2.34. The third-order valence-electron chi connectivity index (χ3n) is 4.91. The quantitative estimate of drug-likeness (QED) is 0.658. The highest BCUT2D eigenvalue weighted by molar-refractivity contribution is 7.90. The molecule has 0 radical (unpaired) electrons. The molecule has 0 atom stereocenters. The van der Waals surface area contributed by atoms with Crippen molar-refractivity contribution in [1.82, 2.24) is 9.88 Å². The number of aromatic nitrogens is 1. The number of hydrogen-bond donors (Lipinski definition) is 0. The summed E-state index contributed by atoms with van der Waals surface area (Å²) < 4.78 is 24.4. The molecule has 146 valence electrons. The van der Waals surface area contributed by atoms with Crippen LogP contribution in [0.3, 0.4) is 0 Å². The molecule has 6 nitrogen and oxygen atoms in total. The Morgan fingerprint density at radius 2 is 1.71 bits per heavy atom. The number of aryl methyl sites for hydroxylation is 1. The van der Waals surface area contributed by atoms with Crippen LogP contribution in [-0.4, -0.2) is 56.6 Å². The zero-order chi connectivity index (χ0) is 19.9. The molecular weight excluding hydrogens is 394 g/mol. The van der Waals surface area contributed by atoms with Gasteiger partial charge in [0.25, 0.3) is 5.91 Å². The Kier molecular flexibility index (Phi) is 4.84. The highest BCUT2D eigenvalue weighted by Crippen LogP contribution is 2.31. The van der Waals surface area contributed by atoms with Crippen LogP contribution in [0.1, 0.15) is 15.9 Å². The maximum atomic E-state index is 12.7. The average molecular weight is 416 g/mol. The number of thiazole rings is 1. The molecule has 3 aromatic rings. The van der Waals surface area contributed by atoms with E-state index in [1.807, 2.05) is 36.1 Å². The summed E-state index contributed by atoms with van der Waals surface area (Å²) in [5.74, 6) is 0.0572. The van der Waals surface area contributed by atoms with Crippen molar-refractivity contribution < 1.29 is 13.2 Å². The Morgan fingerprint density at radius 3 is 2.36 bits per heavy atom. The number of carbonyl (C=O) groups excluding carboxylic acids is 1. The number of rotatable bonds is 3. The van der Waals surface area contributed by atoms with Gasteiger partial charge in [0, 0.05) is 38.0 Å². The number of sulfone groups is 1. The predicted octanol–water partition coefficient (Wildman–Crippen LogP) is 2.97. The SMILES string of the molecule is Cc1ccc(C(=O)N2CCN(c3nc4ccc(S(C)(=O)=O)cc4s3)CC2)cc1. The number of amides is 1. The zero-order valence-electron chi connectivity index (χ0n) is 15.8. The van der Waals surface area contributed by atoms with Crippen molar-refractivity contribution in [2.75, 3.05) is 37.3 Å². The van der Waals surface area contributed by atoms with Crippen LogP contribution in [0, 0.1) is 6.92 Å². The van der Waals surface area contributed by atoms with Gasteiger partial charge in [-0.25, -0.2) is 13.4 Å². The molecule has 1 aliphatic rings. The standard InChI is InChI=1S/C20H21N3O3S2/c1-14-3-5-15(6-4-14)19(24)22-9-11-23(12-10-22)20-21-17-8-7-16(28(2,25)26)13-18(17)27-20/h3-8,13H,9-12H2,1-2H3. The largest absolute Gasteiger partial charge is 0.345 e. The summed E-state index contributed by atoms with van der Waals surface area (Å²) in [5, 5.41) is 0.864. The van der Waals surface area contributed by atoms with Gasteiger partial charge in [-0.2, -0.15) is 0 Å². The summed E-state index contributed by atoms with van der Waals surface area (Å²) in [6.07, 6.45) is 1.21. The minimum atomic E-state index is -3.23. The van der Waals surface area contributed by atoms with Crippen LogP contribution in [0.15, 0.2) is 47.4 Å². The number of benzene rings is 2. The Bertz CT molecular complexity index is 1130. The zero-order valence-corrected chi connectivity index (χ0v) is 17.4. The van der Waals surface area contributed by atoms with Crippen molar-refractivity contribution in [2.24, 2.45) is 0 Å². The van der Waals surface area contributed by atoms with Crippen LogP contribution in [0.25, 0.3) is 10.2 Å². The lowest BCUT2D eigenvalue weighted by atomic mass is 10.1. The molecule has 0 saturated carbocycles. The van der Waals surface area contributed by atoms with Crippen LogP contribution >= 0.6 is 11.3 Å². The van der Waals surface area contributed by atoms with Gasteiger partial charge in [-0.3, -0.25) is 4.79 Å². The van der Waals surface area contributed by atoms with Crippen molar-refractivity contribution in [1.29, 1.82) is 0 Å². The summed E-state index contributed by atoms with van der Waals surface area (Å²) in [7, 11) is -3.23. The molecule has 4 rings (SSSR count).